The number of esters is 1. The van der Waals surface area contributed by atoms with E-state index in [1.165, 1.54) is 29.0 Å². The summed E-state index contributed by atoms with van der Waals surface area (Å²) in [5.41, 5.74) is 4.42. The van der Waals surface area contributed by atoms with Crippen LogP contribution < -0.4 is 5.32 Å². The molecule has 0 saturated heterocycles. The summed E-state index contributed by atoms with van der Waals surface area (Å²) in [6, 6.07) is 22.4. The highest BCUT2D eigenvalue weighted by atomic mass is 16.6. The summed E-state index contributed by atoms with van der Waals surface area (Å²) in [6.07, 6.45) is 2.63. The van der Waals surface area contributed by atoms with Crippen molar-refractivity contribution in [3.63, 3.8) is 0 Å². The first kappa shape index (κ1) is 36.7. The molecule has 258 valence electrons. The number of hydrogen-bond acceptors (Lipinski definition) is 6. The predicted octanol–water partition coefficient (Wildman–Crippen LogP) is 6.28. The molecule has 1 aliphatic rings. The number of carbonyl (C=O) groups is 4. The average molecular weight is 666 g/mol. The van der Waals surface area contributed by atoms with Crippen molar-refractivity contribution in [1.29, 1.82) is 0 Å². The zero-order valence-corrected chi connectivity index (χ0v) is 29.1. The molecule has 3 aromatic rings. The van der Waals surface area contributed by atoms with Gasteiger partial charge in [0.05, 0.1) is 0 Å². The van der Waals surface area contributed by atoms with E-state index in [0.717, 1.165) is 27.8 Å². The fourth-order valence-corrected chi connectivity index (χ4v) is 6.05. The van der Waals surface area contributed by atoms with Crippen LogP contribution in [0.15, 0.2) is 104 Å². The number of nitrogens with zero attached hydrogens (tertiary/aromatic N) is 2. The molecule has 0 unspecified atom stereocenters. The van der Waals surface area contributed by atoms with E-state index in [9.17, 15) is 19.2 Å². The Balaban J connectivity index is 1.47. The molecule has 4 rings (SSSR count). The second kappa shape index (κ2) is 16.3. The molecular formula is C40H47N3O6. The number of ether oxygens (including phenoxy) is 2. The van der Waals surface area contributed by atoms with Gasteiger partial charge in [0.25, 0.3) is 0 Å². The monoisotopic (exact) mass is 665 g/mol. The smallest absolute Gasteiger partial charge is 0.407 e. The Hall–Kier alpha value is -5.18. The van der Waals surface area contributed by atoms with Crippen LogP contribution in [-0.2, 0) is 30.3 Å². The summed E-state index contributed by atoms with van der Waals surface area (Å²) in [5, 5.41) is 2.68. The van der Waals surface area contributed by atoms with Gasteiger partial charge in [0, 0.05) is 25.9 Å². The SMILES string of the molecule is C=CC[C@H](NC(=O)OCC1c2ccccc2-c2ccccc21)C(=O)N(C)[C@@H](C)C(=O)N(CC=C)[C@@H](Cc1ccccc1)C(=O)OC(C)(C)C. The Kier molecular flexibility index (Phi) is 12.2. The zero-order valence-electron chi connectivity index (χ0n) is 29.1. The van der Waals surface area contributed by atoms with Gasteiger partial charge >= 0.3 is 12.1 Å². The van der Waals surface area contributed by atoms with Crippen molar-refractivity contribution in [1.82, 2.24) is 15.1 Å². The van der Waals surface area contributed by atoms with Gasteiger partial charge in [-0.2, -0.15) is 0 Å². The maximum absolute atomic E-state index is 14.1. The molecule has 3 amide bonds. The number of hydrogen-bond donors (Lipinski definition) is 1. The molecule has 0 heterocycles. The zero-order chi connectivity index (χ0) is 35.7. The van der Waals surface area contributed by atoms with Gasteiger partial charge in [-0.15, -0.1) is 13.2 Å². The number of carbonyl (C=O) groups excluding carboxylic acids is 4. The van der Waals surface area contributed by atoms with E-state index in [0.29, 0.717) is 0 Å². The second-order valence-electron chi connectivity index (χ2n) is 13.2. The molecule has 1 N–H and O–H groups in total. The van der Waals surface area contributed by atoms with Crippen molar-refractivity contribution in [3.8, 4) is 11.1 Å². The molecule has 0 spiro atoms. The van der Waals surface area contributed by atoms with Gasteiger partial charge in [0.2, 0.25) is 11.8 Å². The molecule has 3 aromatic carbocycles. The van der Waals surface area contributed by atoms with E-state index in [4.69, 9.17) is 9.47 Å². The third-order valence-electron chi connectivity index (χ3n) is 8.56. The molecule has 0 fully saturated rings. The summed E-state index contributed by atoms with van der Waals surface area (Å²) in [7, 11) is 1.49. The highest BCUT2D eigenvalue weighted by Gasteiger charge is 2.38. The normalized spacial score (nSPS) is 13.9. The lowest BCUT2D eigenvalue weighted by atomic mass is 9.98. The lowest BCUT2D eigenvalue weighted by Gasteiger charge is -2.36. The quantitative estimate of drug-likeness (QED) is 0.161. The first-order valence-corrected chi connectivity index (χ1v) is 16.5. The molecule has 9 heteroatoms. The van der Waals surface area contributed by atoms with Gasteiger partial charge in [-0.1, -0.05) is 91.0 Å². The van der Waals surface area contributed by atoms with Gasteiger partial charge in [0.15, 0.2) is 0 Å². The molecule has 0 radical (unpaired) electrons. The van der Waals surface area contributed by atoms with Gasteiger partial charge < -0.3 is 24.6 Å². The van der Waals surface area contributed by atoms with Crippen molar-refractivity contribution in [2.75, 3.05) is 20.2 Å². The Morgan fingerprint density at radius 2 is 1.43 bits per heavy atom. The molecule has 0 saturated carbocycles. The van der Waals surface area contributed by atoms with Crippen LogP contribution in [0.3, 0.4) is 0 Å². The molecule has 3 atom stereocenters. The third kappa shape index (κ3) is 9.04. The number of fused-ring (bicyclic) bond motifs is 3. The summed E-state index contributed by atoms with van der Waals surface area (Å²) >= 11 is 0. The van der Waals surface area contributed by atoms with Gasteiger partial charge in [-0.3, -0.25) is 9.59 Å². The number of likely N-dealkylation sites (N-methyl/N-ethyl adjacent to an activating group) is 1. The van der Waals surface area contributed by atoms with Crippen molar-refractivity contribution in [2.24, 2.45) is 0 Å². The average Bonchev–Trinajstić information content (AvgIpc) is 3.40. The van der Waals surface area contributed by atoms with Crippen molar-refractivity contribution < 1.29 is 28.7 Å². The first-order chi connectivity index (χ1) is 23.4. The van der Waals surface area contributed by atoms with Crippen LogP contribution in [0.4, 0.5) is 4.79 Å². The molecule has 49 heavy (non-hydrogen) atoms. The van der Waals surface area contributed by atoms with Crippen molar-refractivity contribution in [2.45, 2.75) is 70.2 Å². The van der Waals surface area contributed by atoms with Crippen molar-refractivity contribution >= 4 is 23.9 Å². The minimum Gasteiger partial charge on any atom is -0.458 e. The predicted molar refractivity (Wildman–Crippen MR) is 191 cm³/mol. The van der Waals surface area contributed by atoms with E-state index < -0.39 is 47.6 Å². The number of alkyl carbamates (subject to hydrolysis) is 1. The van der Waals surface area contributed by atoms with Crippen LogP contribution in [0.5, 0.6) is 0 Å². The number of rotatable bonds is 14. The lowest BCUT2D eigenvalue weighted by Crippen LogP contribution is -2.57. The van der Waals surface area contributed by atoms with E-state index in [2.05, 4.69) is 30.6 Å². The Morgan fingerprint density at radius 1 is 0.857 bits per heavy atom. The third-order valence-corrected chi connectivity index (χ3v) is 8.56. The summed E-state index contributed by atoms with van der Waals surface area (Å²) in [6.45, 7) is 14.6. The summed E-state index contributed by atoms with van der Waals surface area (Å²) < 4.78 is 11.4. The standard InChI is InChI=1S/C40H47N3O6/c1-8-17-34(41-39(47)48-26-33-31-22-15-13-20-29(31)30-21-14-16-23-32(30)33)37(45)42(7)27(3)36(44)43(24-9-2)35(38(46)49-40(4,5)6)25-28-18-11-10-12-19-28/h8-16,18-23,27,33-35H,1-2,17,24-26H2,3-7H3,(H,41,47)/t27-,34-,35-/m0/s1. The topological polar surface area (TPSA) is 105 Å². The van der Waals surface area contributed by atoms with Crippen molar-refractivity contribution in [3.05, 3.63) is 121 Å². The molecule has 9 nitrogen and oxygen atoms in total. The van der Waals surface area contributed by atoms with Crippen LogP contribution >= 0.6 is 0 Å². The first-order valence-electron chi connectivity index (χ1n) is 16.5. The fourth-order valence-electron chi connectivity index (χ4n) is 6.05. The Labute approximate surface area is 289 Å². The Bertz CT molecular complexity index is 1620. The van der Waals surface area contributed by atoms with Crippen LogP contribution in [-0.4, -0.2) is 77.6 Å². The van der Waals surface area contributed by atoms with E-state index in [1.807, 2.05) is 66.7 Å². The molecule has 1 aliphatic carbocycles. The number of amides is 3. The number of benzene rings is 3. The van der Waals surface area contributed by atoms with Crippen LogP contribution in [0.1, 0.15) is 56.7 Å². The van der Waals surface area contributed by atoms with Crippen LogP contribution in [0.2, 0.25) is 0 Å². The fraction of sp³-hybridized carbons (Fsp3) is 0.350. The molecule has 0 aromatic heterocycles. The van der Waals surface area contributed by atoms with E-state index in [-0.39, 0.29) is 31.9 Å². The van der Waals surface area contributed by atoms with E-state index in [1.54, 1.807) is 27.7 Å². The minimum atomic E-state index is -1.03. The van der Waals surface area contributed by atoms with Gasteiger partial charge in [-0.25, -0.2) is 9.59 Å². The van der Waals surface area contributed by atoms with E-state index >= 15 is 0 Å². The maximum atomic E-state index is 14.1. The lowest BCUT2D eigenvalue weighted by molar-refractivity contribution is -0.165. The maximum Gasteiger partial charge on any atom is 0.407 e. The van der Waals surface area contributed by atoms with Crippen LogP contribution in [0, 0.1) is 0 Å². The molecule has 0 bridgehead atoms. The summed E-state index contributed by atoms with van der Waals surface area (Å²) in [5.74, 6) is -1.68. The van der Waals surface area contributed by atoms with Gasteiger partial charge in [-0.05, 0) is 61.9 Å². The highest BCUT2D eigenvalue weighted by molar-refractivity contribution is 5.93. The largest absolute Gasteiger partial charge is 0.458 e. The van der Waals surface area contributed by atoms with Gasteiger partial charge in [0.1, 0.15) is 30.3 Å². The molecular weight excluding hydrogens is 618 g/mol. The minimum absolute atomic E-state index is 0.0516. The second-order valence-corrected chi connectivity index (χ2v) is 13.2. The van der Waals surface area contributed by atoms with Crippen LogP contribution in [0.25, 0.3) is 11.1 Å². The Morgan fingerprint density at radius 3 is 1.98 bits per heavy atom. The highest BCUT2D eigenvalue weighted by Crippen LogP contribution is 2.44. The molecule has 0 aliphatic heterocycles. The summed E-state index contributed by atoms with van der Waals surface area (Å²) in [4.78, 5) is 57.2. The number of nitrogens with one attached hydrogen (secondary N) is 1.